The summed E-state index contributed by atoms with van der Waals surface area (Å²) in [5.74, 6) is 0.321. The molecule has 6 rings (SSSR count). The minimum absolute atomic E-state index is 0.0465. The van der Waals surface area contributed by atoms with E-state index < -0.39 is 4.92 Å². The molecule has 0 aromatic heterocycles. The number of methoxy groups -OCH3 is 2. The largest absolute Gasteiger partial charge is 0.496 e. The third kappa shape index (κ3) is 2.43. The molecule has 2 saturated carbocycles. The van der Waals surface area contributed by atoms with Crippen LogP contribution in [-0.2, 0) is 9.59 Å². The number of nitro benzene ring substituents is 1. The van der Waals surface area contributed by atoms with E-state index in [4.69, 9.17) is 9.47 Å². The van der Waals surface area contributed by atoms with Crippen LogP contribution in [0.4, 0.5) is 5.69 Å². The van der Waals surface area contributed by atoms with Gasteiger partial charge in [-0.1, -0.05) is 12.2 Å². The lowest BCUT2D eigenvalue weighted by Crippen LogP contribution is -2.40. The van der Waals surface area contributed by atoms with Crippen molar-refractivity contribution in [3.05, 3.63) is 40.0 Å². The standard InChI is InChI=1S/C20H19N3O6/c1-28-15-7-16(29-2)14(23(26)27)5-9(15)8-21-22-19(24)17-10-3-4-11(13-6-12(10)13)18(17)20(22)25/h3-5,7-8,10-13,17-18H,6H2,1-2H3/b21-8-/t10-,11-,12-,13+,17+,18+/m1/s1. The van der Waals surface area contributed by atoms with Gasteiger partial charge in [0, 0.05) is 17.7 Å². The van der Waals surface area contributed by atoms with E-state index in [9.17, 15) is 19.7 Å². The first-order valence-corrected chi connectivity index (χ1v) is 9.46. The number of carbonyl (C=O) groups excluding carboxylic acids is 2. The van der Waals surface area contributed by atoms with Crippen molar-refractivity contribution in [1.82, 2.24) is 5.01 Å². The molecule has 1 saturated heterocycles. The van der Waals surface area contributed by atoms with Crippen LogP contribution in [0.5, 0.6) is 11.5 Å². The maximum atomic E-state index is 13.0. The number of carbonyl (C=O) groups is 2. The Labute approximate surface area is 166 Å². The average Bonchev–Trinajstić information content (AvgIpc) is 3.50. The van der Waals surface area contributed by atoms with Gasteiger partial charge in [-0.3, -0.25) is 19.7 Å². The molecule has 1 heterocycles. The number of nitro groups is 1. The minimum atomic E-state index is -0.577. The summed E-state index contributed by atoms with van der Waals surface area (Å²) in [6, 6.07) is 2.63. The number of benzene rings is 1. The smallest absolute Gasteiger partial charge is 0.311 e. The van der Waals surface area contributed by atoms with Crippen LogP contribution in [0, 0.1) is 45.6 Å². The highest BCUT2D eigenvalue weighted by molar-refractivity contribution is 6.06. The van der Waals surface area contributed by atoms with E-state index >= 15 is 0 Å². The molecule has 0 N–H and O–H groups in total. The molecule has 2 amide bonds. The Hall–Kier alpha value is -3.23. The normalized spacial score (nSPS) is 33.8. The fourth-order valence-corrected chi connectivity index (χ4v) is 5.32. The summed E-state index contributed by atoms with van der Waals surface area (Å²) in [7, 11) is 2.74. The molecule has 3 fully saturated rings. The molecule has 9 nitrogen and oxygen atoms in total. The maximum Gasteiger partial charge on any atom is 0.311 e. The van der Waals surface area contributed by atoms with Crippen LogP contribution in [0.3, 0.4) is 0 Å². The van der Waals surface area contributed by atoms with Crippen molar-refractivity contribution >= 4 is 23.7 Å². The third-order valence-electron chi connectivity index (χ3n) is 6.68. The Morgan fingerprint density at radius 2 is 1.66 bits per heavy atom. The van der Waals surface area contributed by atoms with E-state index in [-0.39, 0.29) is 58.2 Å². The zero-order valence-electron chi connectivity index (χ0n) is 15.8. The average molecular weight is 397 g/mol. The second-order valence-electron chi connectivity index (χ2n) is 7.91. The first kappa shape index (κ1) is 17.8. The maximum absolute atomic E-state index is 13.0. The van der Waals surface area contributed by atoms with Crippen LogP contribution < -0.4 is 9.47 Å². The van der Waals surface area contributed by atoms with Gasteiger partial charge >= 0.3 is 5.69 Å². The van der Waals surface area contributed by atoms with Crippen molar-refractivity contribution in [2.45, 2.75) is 6.42 Å². The van der Waals surface area contributed by atoms with Gasteiger partial charge in [-0.05, 0) is 30.1 Å². The van der Waals surface area contributed by atoms with E-state index in [1.807, 2.05) is 0 Å². The van der Waals surface area contributed by atoms with Crippen molar-refractivity contribution in [3.63, 3.8) is 0 Å². The lowest BCUT2D eigenvalue weighted by molar-refractivity contribution is -0.385. The molecule has 0 spiro atoms. The number of hydrazone groups is 1. The fraction of sp³-hybridized carbons (Fsp3) is 0.450. The summed E-state index contributed by atoms with van der Waals surface area (Å²) < 4.78 is 10.3. The van der Waals surface area contributed by atoms with Crippen LogP contribution in [0.15, 0.2) is 29.4 Å². The highest BCUT2D eigenvalue weighted by atomic mass is 16.6. The predicted octanol–water partition coefficient (Wildman–Crippen LogP) is 2.00. The summed E-state index contributed by atoms with van der Waals surface area (Å²) in [5.41, 5.74) is 0.0178. The molecule has 1 aromatic rings. The van der Waals surface area contributed by atoms with Crippen LogP contribution in [-0.4, -0.2) is 42.2 Å². The minimum Gasteiger partial charge on any atom is -0.496 e. The van der Waals surface area contributed by atoms with E-state index in [0.717, 1.165) is 11.4 Å². The van der Waals surface area contributed by atoms with Gasteiger partial charge in [-0.15, -0.1) is 0 Å². The molecule has 0 radical (unpaired) electrons. The molecule has 2 bridgehead atoms. The first-order chi connectivity index (χ1) is 14.0. The highest BCUT2D eigenvalue weighted by Gasteiger charge is 2.67. The Morgan fingerprint density at radius 3 is 2.17 bits per heavy atom. The quantitative estimate of drug-likeness (QED) is 0.247. The molecule has 5 aliphatic rings. The zero-order valence-corrected chi connectivity index (χ0v) is 15.8. The van der Waals surface area contributed by atoms with Crippen LogP contribution in [0.2, 0.25) is 0 Å². The predicted molar refractivity (Wildman–Crippen MR) is 100 cm³/mol. The molecule has 0 unspecified atom stereocenters. The van der Waals surface area contributed by atoms with Crippen LogP contribution in [0.1, 0.15) is 12.0 Å². The van der Waals surface area contributed by atoms with Crippen molar-refractivity contribution in [2.75, 3.05) is 14.2 Å². The molecule has 9 heteroatoms. The number of amides is 2. The van der Waals surface area contributed by atoms with E-state index in [0.29, 0.717) is 11.8 Å². The summed E-state index contributed by atoms with van der Waals surface area (Å²) in [4.78, 5) is 36.6. The molecule has 29 heavy (non-hydrogen) atoms. The van der Waals surface area contributed by atoms with Crippen molar-refractivity contribution in [1.29, 1.82) is 0 Å². The van der Waals surface area contributed by atoms with E-state index in [1.165, 1.54) is 32.6 Å². The second-order valence-corrected chi connectivity index (χ2v) is 7.91. The molecular formula is C20H19N3O6. The van der Waals surface area contributed by atoms with Gasteiger partial charge in [0.05, 0.1) is 37.2 Å². The second kappa shape index (κ2) is 6.13. The summed E-state index contributed by atoms with van der Waals surface area (Å²) in [6.45, 7) is 0. The fourth-order valence-electron chi connectivity index (χ4n) is 5.32. The van der Waals surface area contributed by atoms with Crippen molar-refractivity contribution < 1.29 is 24.0 Å². The Morgan fingerprint density at radius 1 is 1.07 bits per heavy atom. The van der Waals surface area contributed by atoms with Gasteiger partial charge in [-0.2, -0.15) is 10.1 Å². The van der Waals surface area contributed by atoms with E-state index in [1.54, 1.807) is 0 Å². The van der Waals surface area contributed by atoms with Crippen LogP contribution in [0.25, 0.3) is 0 Å². The monoisotopic (exact) mass is 397 g/mol. The van der Waals surface area contributed by atoms with Gasteiger partial charge in [0.1, 0.15) is 5.75 Å². The molecule has 1 aliphatic heterocycles. The van der Waals surface area contributed by atoms with Gasteiger partial charge in [0.15, 0.2) is 0 Å². The molecule has 4 aliphatic carbocycles. The number of imide groups is 1. The van der Waals surface area contributed by atoms with Gasteiger partial charge < -0.3 is 9.47 Å². The van der Waals surface area contributed by atoms with Crippen molar-refractivity contribution in [2.24, 2.45) is 40.6 Å². The number of nitrogens with zero attached hydrogens (tertiary/aromatic N) is 3. The number of hydrogen-bond donors (Lipinski definition) is 0. The number of ether oxygens (including phenoxy) is 2. The SMILES string of the molecule is COc1cc(OC)c([N+](=O)[O-])cc1/C=N\N1C(=O)[C@H]2[C@@H]3C=C[C@H]([C@@H]4C[C@H]34)[C@@H]2C1=O. The number of rotatable bonds is 5. The zero-order chi connectivity index (χ0) is 20.4. The van der Waals surface area contributed by atoms with Crippen molar-refractivity contribution in [3.8, 4) is 11.5 Å². The third-order valence-corrected chi connectivity index (χ3v) is 6.68. The molecular weight excluding hydrogens is 378 g/mol. The summed E-state index contributed by atoms with van der Waals surface area (Å²) in [5, 5.41) is 16.3. The summed E-state index contributed by atoms with van der Waals surface area (Å²) >= 11 is 0. The molecule has 1 aromatic carbocycles. The van der Waals surface area contributed by atoms with Gasteiger partial charge in [0.25, 0.3) is 11.8 Å². The Bertz CT molecular complexity index is 966. The molecule has 6 atom stereocenters. The Balaban J connectivity index is 1.47. The lowest BCUT2D eigenvalue weighted by Gasteiger charge is -2.37. The highest BCUT2D eigenvalue weighted by Crippen LogP contribution is 2.65. The number of hydrogen-bond acceptors (Lipinski definition) is 7. The van der Waals surface area contributed by atoms with Gasteiger partial charge in [-0.25, -0.2) is 0 Å². The van der Waals surface area contributed by atoms with Crippen LogP contribution >= 0.6 is 0 Å². The van der Waals surface area contributed by atoms with E-state index in [2.05, 4.69) is 17.3 Å². The lowest BCUT2D eigenvalue weighted by atomic mass is 9.63. The number of allylic oxidation sites excluding steroid dienone is 2. The first-order valence-electron chi connectivity index (χ1n) is 9.46. The molecule has 150 valence electrons. The topological polar surface area (TPSA) is 111 Å². The van der Waals surface area contributed by atoms with Gasteiger partial charge in [0.2, 0.25) is 5.75 Å². The summed E-state index contributed by atoms with van der Waals surface area (Å²) in [6.07, 6.45) is 6.53. The Kier molecular flexibility index (Phi) is 3.77.